The Balaban J connectivity index is 1.94. The van der Waals surface area contributed by atoms with Crippen LogP contribution in [0.1, 0.15) is 83.3 Å². The van der Waals surface area contributed by atoms with E-state index < -0.39 is 5.60 Å². The molecule has 0 bridgehead atoms. The number of carbonyl (C=O) groups is 1. The molecule has 0 amide bonds. The maximum absolute atomic E-state index is 12.1. The molecule has 0 fully saturated rings. The predicted octanol–water partition coefficient (Wildman–Crippen LogP) is 4.99. The second kappa shape index (κ2) is 8.62. The zero-order valence-electron chi connectivity index (χ0n) is 19.0. The van der Waals surface area contributed by atoms with Crippen LogP contribution in [0.4, 0.5) is 0 Å². The fourth-order valence-electron chi connectivity index (χ4n) is 5.08. The maximum atomic E-state index is 12.1. The minimum absolute atomic E-state index is 0.0181. The number of phenols is 1. The van der Waals surface area contributed by atoms with Crippen LogP contribution in [0.15, 0.2) is 23.8 Å². The van der Waals surface area contributed by atoms with Crippen LogP contribution in [-0.2, 0) is 14.9 Å². The number of fused-ring (bicyclic) bond motifs is 3. The summed E-state index contributed by atoms with van der Waals surface area (Å²) in [7, 11) is 1.41. The van der Waals surface area contributed by atoms with E-state index in [1.54, 1.807) is 0 Å². The van der Waals surface area contributed by atoms with E-state index in [0.29, 0.717) is 12.0 Å². The lowest BCUT2D eigenvalue weighted by Gasteiger charge is -2.47. The zero-order chi connectivity index (χ0) is 22.1. The predicted molar refractivity (Wildman–Crippen MR) is 117 cm³/mol. The highest BCUT2D eigenvalue weighted by Crippen LogP contribution is 2.55. The number of aliphatic hydroxyl groups excluding tert-OH is 1. The summed E-state index contributed by atoms with van der Waals surface area (Å²) in [4.78, 5) is 12.1. The van der Waals surface area contributed by atoms with Crippen LogP contribution in [0.3, 0.4) is 0 Å². The molecule has 1 aliphatic carbocycles. The van der Waals surface area contributed by atoms with Crippen LogP contribution in [0.25, 0.3) is 0 Å². The van der Waals surface area contributed by atoms with Gasteiger partial charge in [0.15, 0.2) is 0 Å². The molecule has 0 unspecified atom stereocenters. The number of hydrogen-bond donors (Lipinski definition) is 2. The third kappa shape index (κ3) is 4.36. The van der Waals surface area contributed by atoms with Gasteiger partial charge in [-0.1, -0.05) is 32.8 Å². The molecular weight excluding hydrogens is 380 g/mol. The molecule has 5 nitrogen and oxygen atoms in total. The molecule has 0 spiro atoms. The molecule has 0 saturated heterocycles. The van der Waals surface area contributed by atoms with Crippen molar-refractivity contribution in [3.63, 3.8) is 0 Å². The Morgan fingerprint density at radius 2 is 2.00 bits per heavy atom. The van der Waals surface area contributed by atoms with E-state index in [9.17, 15) is 9.90 Å². The van der Waals surface area contributed by atoms with Gasteiger partial charge in [-0.2, -0.15) is 0 Å². The average Bonchev–Trinajstić information content (AvgIpc) is 2.69. The van der Waals surface area contributed by atoms with Gasteiger partial charge in [0.2, 0.25) is 0 Å². The minimum Gasteiger partial charge on any atom is -0.508 e. The van der Waals surface area contributed by atoms with Gasteiger partial charge >= 0.3 is 5.97 Å². The molecule has 2 atom stereocenters. The first kappa shape index (κ1) is 22.7. The number of aromatic hydroxyl groups is 1. The summed E-state index contributed by atoms with van der Waals surface area (Å²) >= 11 is 0. The van der Waals surface area contributed by atoms with Gasteiger partial charge in [-0.15, -0.1) is 0 Å². The number of methoxy groups -OCH3 is 1. The Kier molecular flexibility index (Phi) is 6.51. The number of aliphatic hydroxyl groups is 1. The topological polar surface area (TPSA) is 76.0 Å². The van der Waals surface area contributed by atoms with E-state index in [-0.39, 0.29) is 35.6 Å². The minimum atomic E-state index is -0.397. The standard InChI is InChI=1S/C25H36O5/c1-24(2,11-7-6-8-12-26)17-14-20(27)22-18-13-16(23(28)29-5)9-10-19(18)25(3,4)30-21(22)15-17/h9,14-15,18-19,26-27H,6-8,10-13H2,1-5H3/t18-,19-/m1/s1. The molecule has 2 N–H and O–H groups in total. The van der Waals surface area contributed by atoms with Crippen LogP contribution in [0.5, 0.6) is 11.5 Å². The molecule has 3 rings (SSSR count). The summed E-state index contributed by atoms with van der Waals surface area (Å²) in [6.07, 6.45) is 7.04. The highest BCUT2D eigenvalue weighted by molar-refractivity contribution is 5.88. The highest BCUT2D eigenvalue weighted by Gasteiger charge is 2.47. The van der Waals surface area contributed by atoms with Gasteiger partial charge < -0.3 is 19.7 Å². The number of esters is 1. The van der Waals surface area contributed by atoms with Crippen LogP contribution in [-0.4, -0.2) is 35.5 Å². The molecule has 0 radical (unpaired) electrons. The van der Waals surface area contributed by atoms with Crippen LogP contribution >= 0.6 is 0 Å². The molecule has 1 aliphatic heterocycles. The quantitative estimate of drug-likeness (QED) is 0.484. The Morgan fingerprint density at radius 3 is 2.67 bits per heavy atom. The Hall–Kier alpha value is -2.01. The zero-order valence-corrected chi connectivity index (χ0v) is 19.0. The fraction of sp³-hybridized carbons (Fsp3) is 0.640. The molecule has 166 valence electrons. The number of phenolic OH excluding ortho intramolecular Hbond substituents is 1. The van der Waals surface area contributed by atoms with Crippen molar-refractivity contribution in [1.29, 1.82) is 0 Å². The summed E-state index contributed by atoms with van der Waals surface area (Å²) in [5.41, 5.74) is 2.03. The molecular formula is C25H36O5. The van der Waals surface area contributed by atoms with Crippen molar-refractivity contribution in [2.45, 2.75) is 83.2 Å². The average molecular weight is 417 g/mol. The monoisotopic (exact) mass is 416 g/mol. The van der Waals surface area contributed by atoms with Gasteiger partial charge in [-0.25, -0.2) is 4.79 Å². The first-order valence-electron chi connectivity index (χ1n) is 11.1. The largest absolute Gasteiger partial charge is 0.508 e. The van der Waals surface area contributed by atoms with Crippen molar-refractivity contribution in [3.8, 4) is 11.5 Å². The van der Waals surface area contributed by atoms with Crippen molar-refractivity contribution in [3.05, 3.63) is 34.9 Å². The summed E-state index contributed by atoms with van der Waals surface area (Å²) in [6.45, 7) is 8.78. The smallest absolute Gasteiger partial charge is 0.333 e. The lowest BCUT2D eigenvalue weighted by molar-refractivity contribution is -0.136. The van der Waals surface area contributed by atoms with Crippen molar-refractivity contribution in [2.24, 2.45) is 5.92 Å². The number of rotatable bonds is 7. The van der Waals surface area contributed by atoms with E-state index in [1.807, 2.05) is 12.1 Å². The van der Waals surface area contributed by atoms with Crippen molar-refractivity contribution in [2.75, 3.05) is 13.7 Å². The molecule has 1 heterocycles. The molecule has 2 aliphatic rings. The number of allylic oxidation sites excluding steroid dienone is 1. The molecule has 1 aromatic carbocycles. The van der Waals surface area contributed by atoms with Gasteiger partial charge in [0.25, 0.3) is 0 Å². The third-order valence-electron chi connectivity index (χ3n) is 6.99. The van der Waals surface area contributed by atoms with Crippen LogP contribution in [0.2, 0.25) is 0 Å². The molecule has 30 heavy (non-hydrogen) atoms. The number of hydrogen-bond acceptors (Lipinski definition) is 5. The lowest BCUT2D eigenvalue weighted by atomic mass is 9.66. The SMILES string of the molecule is COC(=O)C1=CC[C@@H]2[C@@H](C1)c1c(O)cc(C(C)(C)CCCCCO)cc1OC2(C)C. The number of unbranched alkanes of at least 4 members (excludes halogenated alkanes) is 2. The number of carbonyl (C=O) groups excluding carboxylic acids is 1. The van der Waals surface area contributed by atoms with Gasteiger partial charge in [0.1, 0.15) is 17.1 Å². The number of ether oxygens (including phenoxy) is 2. The lowest BCUT2D eigenvalue weighted by Crippen LogP contribution is -2.46. The number of benzene rings is 1. The molecule has 5 heteroatoms. The Bertz CT molecular complexity index is 821. The summed E-state index contributed by atoms with van der Waals surface area (Å²) in [6, 6.07) is 3.95. The van der Waals surface area contributed by atoms with E-state index in [1.165, 1.54) is 7.11 Å². The van der Waals surface area contributed by atoms with E-state index >= 15 is 0 Å². The van der Waals surface area contributed by atoms with Gasteiger partial charge in [-0.3, -0.25) is 0 Å². The molecule has 0 saturated carbocycles. The summed E-state index contributed by atoms with van der Waals surface area (Å²) in [5.74, 6) is 0.888. The van der Waals surface area contributed by atoms with Gasteiger partial charge in [0.05, 0.1) is 7.11 Å². The Labute approximate surface area is 180 Å². The van der Waals surface area contributed by atoms with Crippen molar-refractivity contribution in [1.82, 2.24) is 0 Å². The van der Waals surface area contributed by atoms with Gasteiger partial charge in [0, 0.05) is 29.6 Å². The van der Waals surface area contributed by atoms with E-state index in [4.69, 9.17) is 14.6 Å². The van der Waals surface area contributed by atoms with E-state index in [2.05, 4.69) is 33.8 Å². The van der Waals surface area contributed by atoms with Crippen molar-refractivity contribution < 1.29 is 24.5 Å². The van der Waals surface area contributed by atoms with Crippen LogP contribution < -0.4 is 4.74 Å². The van der Waals surface area contributed by atoms with Crippen molar-refractivity contribution >= 4 is 5.97 Å². The fourth-order valence-corrected chi connectivity index (χ4v) is 5.08. The Morgan fingerprint density at radius 1 is 1.27 bits per heavy atom. The van der Waals surface area contributed by atoms with Crippen LogP contribution in [0, 0.1) is 5.92 Å². The normalized spacial score (nSPS) is 22.4. The third-order valence-corrected chi connectivity index (χ3v) is 6.99. The highest BCUT2D eigenvalue weighted by atomic mass is 16.5. The maximum Gasteiger partial charge on any atom is 0.333 e. The summed E-state index contributed by atoms with van der Waals surface area (Å²) < 4.78 is 11.4. The second-order valence-electron chi connectivity index (χ2n) is 9.90. The van der Waals surface area contributed by atoms with Gasteiger partial charge in [-0.05, 0) is 62.6 Å². The van der Waals surface area contributed by atoms with E-state index in [0.717, 1.165) is 49.0 Å². The molecule has 1 aromatic rings. The summed E-state index contributed by atoms with van der Waals surface area (Å²) in [5, 5.41) is 20.1. The first-order valence-corrected chi connectivity index (χ1v) is 11.1. The second-order valence-corrected chi connectivity index (χ2v) is 9.90. The first-order chi connectivity index (χ1) is 14.1. The molecule has 0 aromatic heterocycles.